The number of benzene rings is 1. The summed E-state index contributed by atoms with van der Waals surface area (Å²) in [4.78, 5) is 13.9. The highest BCUT2D eigenvalue weighted by atomic mass is 79.9. The fourth-order valence-electron chi connectivity index (χ4n) is 1.70. The molecule has 16 heavy (non-hydrogen) atoms. The molecule has 0 unspecified atom stereocenters. The normalized spacial score (nSPS) is 17.5. The van der Waals surface area contributed by atoms with E-state index in [0.717, 1.165) is 23.1 Å². The number of carbonyl (C=O) groups is 1. The quantitative estimate of drug-likeness (QED) is 0.785. The molecule has 1 heterocycles. The van der Waals surface area contributed by atoms with Crippen molar-refractivity contribution in [1.82, 2.24) is 9.91 Å². The highest BCUT2D eigenvalue weighted by Crippen LogP contribution is 2.13. The van der Waals surface area contributed by atoms with Crippen LogP contribution in [0.15, 0.2) is 28.7 Å². The number of hydrogen-bond donors (Lipinski definition) is 1. The van der Waals surface area contributed by atoms with Gasteiger partial charge in [-0.05, 0) is 24.3 Å². The first kappa shape index (κ1) is 11.6. The maximum atomic E-state index is 12.1. The molecule has 0 radical (unpaired) electrons. The van der Waals surface area contributed by atoms with Crippen molar-refractivity contribution < 1.29 is 4.79 Å². The van der Waals surface area contributed by atoms with Gasteiger partial charge in [-0.25, -0.2) is 5.01 Å². The lowest BCUT2D eigenvalue weighted by Gasteiger charge is -2.32. The van der Waals surface area contributed by atoms with E-state index in [9.17, 15) is 4.79 Å². The van der Waals surface area contributed by atoms with Gasteiger partial charge < -0.3 is 4.90 Å². The van der Waals surface area contributed by atoms with Gasteiger partial charge in [-0.3, -0.25) is 10.6 Å². The lowest BCUT2D eigenvalue weighted by molar-refractivity contribution is 0.0638. The van der Waals surface area contributed by atoms with E-state index >= 15 is 0 Å². The first-order valence-electron chi connectivity index (χ1n) is 5.21. The fraction of sp³-hybridized carbons (Fsp3) is 0.364. The maximum Gasteiger partial charge on any atom is 0.253 e. The van der Waals surface area contributed by atoms with Crippen molar-refractivity contribution in [2.75, 3.05) is 26.2 Å². The Labute approximate surface area is 103 Å². The summed E-state index contributed by atoms with van der Waals surface area (Å²) in [5.74, 6) is 5.73. The van der Waals surface area contributed by atoms with E-state index in [-0.39, 0.29) is 5.91 Å². The highest BCUT2D eigenvalue weighted by Gasteiger charge is 2.20. The molecular weight excluding hydrogens is 270 g/mol. The zero-order chi connectivity index (χ0) is 11.5. The second-order valence-electron chi connectivity index (χ2n) is 3.84. The zero-order valence-electron chi connectivity index (χ0n) is 8.90. The Hall–Kier alpha value is -0.910. The minimum Gasteiger partial charge on any atom is -0.336 e. The standard InChI is InChI=1S/C11H14BrN3O/c12-10-3-1-9(2-4-10)11(16)14-5-7-15(13)8-6-14/h1-4H,5-8,13H2. The highest BCUT2D eigenvalue weighted by molar-refractivity contribution is 9.10. The summed E-state index contributed by atoms with van der Waals surface area (Å²) in [6, 6.07) is 7.43. The molecule has 0 atom stereocenters. The molecule has 0 bridgehead atoms. The third-order valence-corrected chi connectivity index (χ3v) is 3.22. The fourth-order valence-corrected chi connectivity index (χ4v) is 1.96. The molecule has 0 aliphatic carbocycles. The number of nitrogens with two attached hydrogens (primary N) is 1. The van der Waals surface area contributed by atoms with E-state index in [2.05, 4.69) is 15.9 Å². The van der Waals surface area contributed by atoms with E-state index in [1.54, 1.807) is 5.01 Å². The van der Waals surface area contributed by atoms with Crippen molar-refractivity contribution in [1.29, 1.82) is 0 Å². The minimum absolute atomic E-state index is 0.0839. The van der Waals surface area contributed by atoms with Crippen LogP contribution in [0.1, 0.15) is 10.4 Å². The second-order valence-corrected chi connectivity index (χ2v) is 4.75. The predicted molar refractivity (Wildman–Crippen MR) is 65.8 cm³/mol. The molecule has 1 amide bonds. The van der Waals surface area contributed by atoms with Crippen molar-refractivity contribution in [2.24, 2.45) is 5.84 Å². The molecule has 2 N–H and O–H groups in total. The van der Waals surface area contributed by atoms with Crippen molar-refractivity contribution in [3.8, 4) is 0 Å². The Morgan fingerprint density at radius 2 is 1.69 bits per heavy atom. The third kappa shape index (κ3) is 2.61. The molecule has 0 spiro atoms. The average Bonchev–Trinajstić information content (AvgIpc) is 2.30. The van der Waals surface area contributed by atoms with Gasteiger partial charge >= 0.3 is 0 Å². The first-order chi connectivity index (χ1) is 7.66. The number of amides is 1. The number of nitrogens with zero attached hydrogens (tertiary/aromatic N) is 2. The summed E-state index contributed by atoms with van der Waals surface area (Å²) in [6.45, 7) is 2.88. The van der Waals surface area contributed by atoms with Crippen LogP contribution in [0.2, 0.25) is 0 Å². The van der Waals surface area contributed by atoms with Gasteiger partial charge in [-0.2, -0.15) is 0 Å². The molecule has 0 saturated carbocycles. The predicted octanol–water partition coefficient (Wildman–Crippen LogP) is 1.08. The lowest BCUT2D eigenvalue weighted by Crippen LogP contribution is -2.51. The molecule has 1 aromatic carbocycles. The largest absolute Gasteiger partial charge is 0.336 e. The van der Waals surface area contributed by atoms with E-state index in [1.807, 2.05) is 29.2 Å². The van der Waals surface area contributed by atoms with Crippen LogP contribution in [-0.2, 0) is 0 Å². The summed E-state index contributed by atoms with van der Waals surface area (Å²) in [5, 5.41) is 1.74. The summed E-state index contributed by atoms with van der Waals surface area (Å²) >= 11 is 3.35. The topological polar surface area (TPSA) is 49.6 Å². The van der Waals surface area contributed by atoms with Gasteiger partial charge in [0.05, 0.1) is 0 Å². The van der Waals surface area contributed by atoms with E-state index < -0.39 is 0 Å². The van der Waals surface area contributed by atoms with Gasteiger partial charge in [0.15, 0.2) is 0 Å². The average molecular weight is 284 g/mol. The zero-order valence-corrected chi connectivity index (χ0v) is 10.5. The molecule has 1 saturated heterocycles. The van der Waals surface area contributed by atoms with Crippen LogP contribution in [0.25, 0.3) is 0 Å². The third-order valence-electron chi connectivity index (χ3n) is 2.69. The summed E-state index contributed by atoms with van der Waals surface area (Å²) < 4.78 is 0.982. The number of carbonyl (C=O) groups excluding carboxylic acids is 1. The molecule has 0 aromatic heterocycles. The molecule has 1 aromatic rings. The van der Waals surface area contributed by atoms with Gasteiger partial charge in [0.2, 0.25) is 0 Å². The van der Waals surface area contributed by atoms with Crippen molar-refractivity contribution in [3.05, 3.63) is 34.3 Å². The maximum absolute atomic E-state index is 12.1. The number of hydrogen-bond acceptors (Lipinski definition) is 3. The number of rotatable bonds is 1. The number of halogens is 1. The van der Waals surface area contributed by atoms with Crippen molar-refractivity contribution in [3.63, 3.8) is 0 Å². The second kappa shape index (κ2) is 4.95. The van der Waals surface area contributed by atoms with Gasteiger partial charge in [0.25, 0.3) is 5.91 Å². The molecule has 1 fully saturated rings. The Morgan fingerprint density at radius 1 is 1.12 bits per heavy atom. The number of hydrazine groups is 1. The van der Waals surface area contributed by atoms with Crippen LogP contribution in [0, 0.1) is 0 Å². The summed E-state index contributed by atoms with van der Waals surface area (Å²) in [5.41, 5.74) is 0.730. The van der Waals surface area contributed by atoms with Crippen LogP contribution in [0.5, 0.6) is 0 Å². The summed E-state index contributed by atoms with van der Waals surface area (Å²) in [7, 11) is 0. The van der Waals surface area contributed by atoms with Gasteiger partial charge in [0, 0.05) is 36.2 Å². The van der Waals surface area contributed by atoms with Gasteiger partial charge in [-0.15, -0.1) is 0 Å². The molecule has 5 heteroatoms. The van der Waals surface area contributed by atoms with Crippen molar-refractivity contribution >= 4 is 21.8 Å². The Morgan fingerprint density at radius 3 is 2.25 bits per heavy atom. The monoisotopic (exact) mass is 283 g/mol. The molecule has 4 nitrogen and oxygen atoms in total. The Kier molecular flexibility index (Phi) is 3.58. The van der Waals surface area contributed by atoms with E-state index in [1.165, 1.54) is 0 Å². The van der Waals surface area contributed by atoms with Crippen LogP contribution in [0.4, 0.5) is 0 Å². The smallest absolute Gasteiger partial charge is 0.253 e. The molecule has 86 valence electrons. The first-order valence-corrected chi connectivity index (χ1v) is 6.00. The van der Waals surface area contributed by atoms with Crippen LogP contribution in [0.3, 0.4) is 0 Å². The molecule has 1 aliphatic heterocycles. The van der Waals surface area contributed by atoms with Crippen LogP contribution in [-0.4, -0.2) is 42.0 Å². The van der Waals surface area contributed by atoms with E-state index in [0.29, 0.717) is 13.1 Å². The van der Waals surface area contributed by atoms with Crippen LogP contribution >= 0.6 is 15.9 Å². The lowest BCUT2D eigenvalue weighted by atomic mass is 10.2. The SMILES string of the molecule is NN1CCN(C(=O)c2ccc(Br)cc2)CC1. The van der Waals surface area contributed by atoms with Gasteiger partial charge in [-0.1, -0.05) is 15.9 Å². The van der Waals surface area contributed by atoms with E-state index in [4.69, 9.17) is 5.84 Å². The molecular formula is C11H14BrN3O. The Bertz CT molecular complexity index is 371. The van der Waals surface area contributed by atoms with Crippen LogP contribution < -0.4 is 5.84 Å². The van der Waals surface area contributed by atoms with Gasteiger partial charge in [0.1, 0.15) is 0 Å². The van der Waals surface area contributed by atoms with Crippen molar-refractivity contribution in [2.45, 2.75) is 0 Å². The molecule has 1 aliphatic rings. The molecule has 2 rings (SSSR count). The summed E-state index contributed by atoms with van der Waals surface area (Å²) in [6.07, 6.45) is 0. The number of piperazine rings is 1. The Balaban J connectivity index is 2.05. The minimum atomic E-state index is 0.0839.